The average molecular weight is 488 g/mol. The predicted octanol–water partition coefficient (Wildman–Crippen LogP) is 5.46. The van der Waals surface area contributed by atoms with Gasteiger partial charge in [-0.2, -0.15) is 13.2 Å². The van der Waals surface area contributed by atoms with Gasteiger partial charge in [0.15, 0.2) is 0 Å². The summed E-state index contributed by atoms with van der Waals surface area (Å²) >= 11 is -0.254. The highest BCUT2D eigenvalue weighted by Crippen LogP contribution is 2.37. The number of alkyl halides is 3. The molecular weight excluding hydrogens is 472 g/mol. The summed E-state index contributed by atoms with van der Waals surface area (Å²) in [5.41, 5.74) is -3.70. The van der Waals surface area contributed by atoms with Gasteiger partial charge in [-0.15, -0.1) is 0 Å². The van der Waals surface area contributed by atoms with E-state index < -0.39 is 17.4 Å². The molecule has 0 aliphatic rings. The summed E-state index contributed by atoms with van der Waals surface area (Å²) in [5.74, 6) is -0.258. The van der Waals surface area contributed by atoms with E-state index in [0.717, 1.165) is 0 Å². The number of nitrogens with zero attached hydrogens (tertiary/aromatic N) is 2. The van der Waals surface area contributed by atoms with Crippen molar-refractivity contribution >= 4 is 34.4 Å². The molecule has 0 atom stereocenters. The van der Waals surface area contributed by atoms with Gasteiger partial charge in [0.2, 0.25) is 0 Å². The van der Waals surface area contributed by atoms with E-state index in [4.69, 9.17) is 0 Å². The number of amides is 2. The van der Waals surface area contributed by atoms with Crippen LogP contribution in [0.4, 0.5) is 28.0 Å². The van der Waals surface area contributed by atoms with Crippen LogP contribution in [0, 0.1) is 5.82 Å². The molecule has 4 rings (SSSR count). The number of anilines is 1. The largest absolute Gasteiger partial charge is 0.446 e. The van der Waals surface area contributed by atoms with Crippen molar-refractivity contribution < 1.29 is 22.4 Å². The minimum Gasteiger partial charge on any atom is -0.331 e. The molecule has 0 radical (unpaired) electrons. The Morgan fingerprint density at radius 3 is 2.32 bits per heavy atom. The van der Waals surface area contributed by atoms with Crippen LogP contribution < -0.4 is 16.2 Å². The van der Waals surface area contributed by atoms with Gasteiger partial charge in [-0.25, -0.2) is 14.2 Å². The summed E-state index contributed by atoms with van der Waals surface area (Å²) < 4.78 is 52.0. The third-order valence-electron chi connectivity index (χ3n) is 4.68. The minimum absolute atomic E-state index is 0.0119. The lowest BCUT2D eigenvalue weighted by Gasteiger charge is -2.15. The molecule has 4 aromatic rings. The number of hydrogen-bond acceptors (Lipinski definition) is 4. The van der Waals surface area contributed by atoms with E-state index in [-0.39, 0.29) is 40.3 Å². The van der Waals surface area contributed by atoms with Gasteiger partial charge in [0.1, 0.15) is 11.6 Å². The van der Waals surface area contributed by atoms with Crippen LogP contribution in [-0.4, -0.2) is 21.1 Å². The number of fused-ring (bicyclic) bond motifs is 1. The molecule has 0 saturated carbocycles. The van der Waals surface area contributed by atoms with Crippen molar-refractivity contribution in [2.24, 2.45) is 0 Å². The van der Waals surface area contributed by atoms with Gasteiger partial charge in [-0.05, 0) is 72.4 Å². The molecule has 3 aromatic carbocycles. The van der Waals surface area contributed by atoms with Crippen molar-refractivity contribution in [1.82, 2.24) is 14.9 Å². The van der Waals surface area contributed by atoms with Gasteiger partial charge in [0, 0.05) is 10.6 Å². The number of para-hydroxylation sites is 1. The molecule has 0 aliphatic carbocycles. The second-order valence-corrected chi connectivity index (χ2v) is 8.18. The van der Waals surface area contributed by atoms with Crippen molar-refractivity contribution in [2.45, 2.75) is 16.9 Å². The van der Waals surface area contributed by atoms with Crippen LogP contribution in [0.2, 0.25) is 0 Å². The second-order valence-electron chi connectivity index (χ2n) is 7.04. The Labute approximate surface area is 194 Å². The fraction of sp³-hybridized carbons (Fsp3) is 0.0870. The quantitative estimate of drug-likeness (QED) is 0.289. The van der Waals surface area contributed by atoms with Gasteiger partial charge < -0.3 is 10.6 Å². The lowest BCUT2D eigenvalue weighted by molar-refractivity contribution is -0.0328. The van der Waals surface area contributed by atoms with E-state index in [1.807, 2.05) is 0 Å². The molecule has 2 N–H and O–H groups in total. The molecule has 0 aliphatic heterocycles. The van der Waals surface area contributed by atoms with Crippen LogP contribution in [-0.2, 0) is 6.54 Å². The molecule has 0 bridgehead atoms. The first-order valence-corrected chi connectivity index (χ1v) is 10.7. The van der Waals surface area contributed by atoms with E-state index in [2.05, 4.69) is 15.6 Å². The van der Waals surface area contributed by atoms with Crippen molar-refractivity contribution in [3.05, 3.63) is 94.8 Å². The molecule has 34 heavy (non-hydrogen) atoms. The average Bonchev–Trinajstić information content (AvgIpc) is 2.79. The fourth-order valence-corrected chi connectivity index (χ4v) is 3.77. The normalized spacial score (nSPS) is 11.4. The summed E-state index contributed by atoms with van der Waals surface area (Å²) in [6, 6.07) is 16.5. The van der Waals surface area contributed by atoms with Gasteiger partial charge in [0.05, 0.1) is 23.1 Å². The first-order valence-electron chi connectivity index (χ1n) is 9.87. The third-order valence-corrected chi connectivity index (χ3v) is 5.42. The second kappa shape index (κ2) is 9.56. The number of rotatable bonds is 5. The monoisotopic (exact) mass is 488 g/mol. The molecule has 1 heterocycles. The molecule has 0 fully saturated rings. The van der Waals surface area contributed by atoms with Crippen LogP contribution in [0.15, 0.2) is 82.5 Å². The molecule has 1 aromatic heterocycles. The Bertz CT molecular complexity index is 1390. The summed E-state index contributed by atoms with van der Waals surface area (Å²) in [7, 11) is 0. The third kappa shape index (κ3) is 5.54. The summed E-state index contributed by atoms with van der Waals surface area (Å²) in [6.45, 7) is -0.148. The maximum absolute atomic E-state index is 13.4. The van der Waals surface area contributed by atoms with Gasteiger partial charge >= 0.3 is 11.5 Å². The maximum atomic E-state index is 13.4. The van der Waals surface area contributed by atoms with Crippen molar-refractivity contribution in [3.8, 4) is 5.69 Å². The number of urea groups is 1. The molecule has 0 saturated heterocycles. The lowest BCUT2D eigenvalue weighted by Crippen LogP contribution is -2.32. The Morgan fingerprint density at radius 1 is 0.971 bits per heavy atom. The van der Waals surface area contributed by atoms with Crippen molar-refractivity contribution in [3.63, 3.8) is 0 Å². The Hall–Kier alpha value is -3.86. The van der Waals surface area contributed by atoms with Crippen molar-refractivity contribution in [2.75, 3.05) is 5.32 Å². The smallest absolute Gasteiger partial charge is 0.331 e. The Kier molecular flexibility index (Phi) is 6.55. The summed E-state index contributed by atoms with van der Waals surface area (Å²) in [4.78, 5) is 30.0. The molecule has 0 unspecified atom stereocenters. The number of thioether (sulfide) groups is 1. The highest BCUT2D eigenvalue weighted by Gasteiger charge is 2.29. The zero-order valence-corrected chi connectivity index (χ0v) is 18.1. The maximum Gasteiger partial charge on any atom is 0.446 e. The van der Waals surface area contributed by atoms with Crippen LogP contribution in [0.1, 0.15) is 5.82 Å². The lowest BCUT2D eigenvalue weighted by atomic mass is 10.2. The molecule has 6 nitrogen and oxygen atoms in total. The highest BCUT2D eigenvalue weighted by atomic mass is 32.2. The topological polar surface area (TPSA) is 76.0 Å². The Balaban J connectivity index is 1.55. The Morgan fingerprint density at radius 2 is 1.65 bits per heavy atom. The number of halogens is 4. The van der Waals surface area contributed by atoms with Gasteiger partial charge in [-0.1, -0.05) is 12.1 Å². The number of carbonyl (C=O) groups excluding carboxylic acids is 1. The standard InChI is InChI=1S/C23H16F4N4O2S/c24-14-5-9-16(10-6-14)31-20(30-19-4-2-1-3-18(19)21(31)32)13-28-22(33)29-15-7-11-17(12-8-15)34-23(25,26)27/h1-12H,13H2,(H2,28,29,33). The molecule has 174 valence electrons. The molecule has 2 amide bonds. The van der Waals surface area contributed by atoms with Gasteiger partial charge in [-0.3, -0.25) is 9.36 Å². The summed E-state index contributed by atoms with van der Waals surface area (Å²) in [6.07, 6.45) is 0. The number of nitrogens with one attached hydrogen (secondary N) is 2. The van der Waals surface area contributed by atoms with Gasteiger partial charge in [0.25, 0.3) is 5.56 Å². The number of aromatic nitrogens is 2. The first kappa shape index (κ1) is 23.3. The van der Waals surface area contributed by atoms with Crippen LogP contribution in [0.25, 0.3) is 16.6 Å². The van der Waals surface area contributed by atoms with Crippen LogP contribution >= 0.6 is 11.8 Å². The zero-order chi connectivity index (χ0) is 24.3. The first-order chi connectivity index (χ1) is 16.2. The zero-order valence-electron chi connectivity index (χ0n) is 17.3. The summed E-state index contributed by atoms with van der Waals surface area (Å²) in [5, 5.41) is 5.46. The van der Waals surface area contributed by atoms with E-state index in [0.29, 0.717) is 16.6 Å². The SMILES string of the molecule is O=C(NCc1nc2ccccc2c(=O)n1-c1ccc(F)cc1)Nc1ccc(SC(F)(F)F)cc1. The fourth-order valence-electron chi connectivity index (χ4n) is 3.23. The van der Waals surface area contributed by atoms with E-state index >= 15 is 0 Å². The number of benzene rings is 3. The minimum atomic E-state index is -4.40. The number of hydrogen-bond donors (Lipinski definition) is 2. The predicted molar refractivity (Wildman–Crippen MR) is 122 cm³/mol. The number of carbonyl (C=O) groups is 1. The van der Waals surface area contributed by atoms with E-state index in [1.54, 1.807) is 24.3 Å². The molecular formula is C23H16F4N4O2S. The van der Waals surface area contributed by atoms with E-state index in [1.165, 1.54) is 53.1 Å². The van der Waals surface area contributed by atoms with Crippen LogP contribution in [0.5, 0.6) is 0 Å². The molecule has 0 spiro atoms. The van der Waals surface area contributed by atoms with E-state index in [9.17, 15) is 27.2 Å². The highest BCUT2D eigenvalue weighted by molar-refractivity contribution is 8.00. The van der Waals surface area contributed by atoms with Crippen molar-refractivity contribution in [1.29, 1.82) is 0 Å². The van der Waals surface area contributed by atoms with Crippen LogP contribution in [0.3, 0.4) is 0 Å². The molecule has 11 heteroatoms.